The maximum atomic E-state index is 12.1. The normalized spacial score (nSPS) is 11.5. The summed E-state index contributed by atoms with van der Waals surface area (Å²) >= 11 is 0. The van der Waals surface area contributed by atoms with Crippen molar-refractivity contribution in [2.75, 3.05) is 6.79 Å². The van der Waals surface area contributed by atoms with Crippen molar-refractivity contribution >= 4 is 32.8 Å². The van der Waals surface area contributed by atoms with Crippen LogP contribution in [0.2, 0.25) is 0 Å². The lowest BCUT2D eigenvalue weighted by Gasteiger charge is -2.00. The number of H-pyrrole nitrogens is 1. The highest BCUT2D eigenvalue weighted by atomic mass is 16.6. The summed E-state index contributed by atoms with van der Waals surface area (Å²) in [4.78, 5) is 15.0. The molecule has 0 radical (unpaired) electrons. The average molecular weight is 281 g/mol. The van der Waals surface area contributed by atoms with Gasteiger partial charge in [-0.05, 0) is 18.2 Å². The summed E-state index contributed by atoms with van der Waals surface area (Å²) < 4.78 is 10.9. The van der Waals surface area contributed by atoms with Gasteiger partial charge in [-0.15, -0.1) is 0 Å². The lowest BCUT2D eigenvalue weighted by molar-refractivity contribution is 0.0986. The molecule has 0 aliphatic carbocycles. The zero-order valence-corrected chi connectivity index (χ0v) is 10.9. The van der Waals surface area contributed by atoms with Gasteiger partial charge in [-0.25, -0.2) is 0 Å². The molecular weight excluding hydrogens is 270 g/mol. The van der Waals surface area contributed by atoms with Crippen LogP contribution in [0.3, 0.4) is 0 Å². The Kier molecular flexibility index (Phi) is 2.49. The molecule has 21 heavy (non-hydrogen) atoms. The van der Waals surface area contributed by atoms with E-state index in [9.17, 15) is 4.79 Å². The van der Waals surface area contributed by atoms with Gasteiger partial charge in [0.2, 0.25) is 0 Å². The third-order valence-corrected chi connectivity index (χ3v) is 3.55. The molecule has 104 valence electrons. The Morgan fingerprint density at radius 1 is 1.10 bits per heavy atom. The highest BCUT2D eigenvalue weighted by molar-refractivity contribution is 6.12. The molecule has 2 aromatic heterocycles. The lowest BCUT2D eigenvalue weighted by Crippen LogP contribution is -2.05. The van der Waals surface area contributed by atoms with Gasteiger partial charge in [0.1, 0.15) is 11.3 Å². The van der Waals surface area contributed by atoms with Gasteiger partial charge in [0, 0.05) is 16.8 Å². The second kappa shape index (κ2) is 4.36. The van der Waals surface area contributed by atoms with Crippen LogP contribution in [0, 0.1) is 0 Å². The Morgan fingerprint density at radius 3 is 2.71 bits per heavy atom. The molecule has 4 aromatic rings. The van der Waals surface area contributed by atoms with Crippen molar-refractivity contribution in [3.63, 3.8) is 0 Å². The Hall–Kier alpha value is -2.79. The van der Waals surface area contributed by atoms with Gasteiger partial charge in [-0.2, -0.15) is 0 Å². The standard InChI is InChI=1S/C16H11NO4/c18-8-20-9-5-6-12-13(7-9)21-15-10-3-1-2-4-11(10)16(19)17-14(12)15/h1-7,18H,8H2,(H,17,19). The molecule has 5 heteroatoms. The van der Waals surface area contributed by atoms with Gasteiger partial charge in [-0.1, -0.05) is 18.2 Å². The molecule has 0 aliphatic rings. The van der Waals surface area contributed by atoms with E-state index in [-0.39, 0.29) is 5.56 Å². The number of aliphatic hydroxyl groups excluding tert-OH is 1. The van der Waals surface area contributed by atoms with E-state index in [4.69, 9.17) is 14.3 Å². The van der Waals surface area contributed by atoms with Crippen molar-refractivity contribution in [3.8, 4) is 5.75 Å². The minimum absolute atomic E-state index is 0.142. The summed E-state index contributed by atoms with van der Waals surface area (Å²) in [5.41, 5.74) is 1.77. The number of aliphatic hydroxyl groups is 1. The van der Waals surface area contributed by atoms with Gasteiger partial charge in [0.15, 0.2) is 12.4 Å². The molecule has 0 aliphatic heterocycles. The third-order valence-electron chi connectivity index (χ3n) is 3.55. The fraction of sp³-hybridized carbons (Fsp3) is 0.0625. The first-order valence-corrected chi connectivity index (χ1v) is 6.49. The topological polar surface area (TPSA) is 75.5 Å². The predicted octanol–water partition coefficient (Wildman–Crippen LogP) is 2.76. The lowest BCUT2D eigenvalue weighted by atomic mass is 10.1. The molecule has 2 N–H and O–H groups in total. The van der Waals surface area contributed by atoms with Crippen LogP contribution in [0.25, 0.3) is 32.8 Å². The minimum atomic E-state index is -0.397. The number of aromatic amines is 1. The van der Waals surface area contributed by atoms with Crippen molar-refractivity contribution in [1.82, 2.24) is 4.98 Å². The predicted molar refractivity (Wildman–Crippen MR) is 79.6 cm³/mol. The first-order chi connectivity index (χ1) is 10.3. The van der Waals surface area contributed by atoms with Gasteiger partial charge in [0.05, 0.1) is 10.9 Å². The summed E-state index contributed by atoms with van der Waals surface area (Å²) in [5, 5.41) is 11.0. The Morgan fingerprint density at radius 2 is 1.90 bits per heavy atom. The summed E-state index contributed by atoms with van der Waals surface area (Å²) in [5.74, 6) is 0.510. The van der Waals surface area contributed by atoms with Crippen LogP contribution in [0.5, 0.6) is 5.75 Å². The number of benzene rings is 2. The number of ether oxygens (including phenoxy) is 1. The number of pyridine rings is 1. The van der Waals surface area contributed by atoms with Crippen LogP contribution in [0.1, 0.15) is 0 Å². The molecular formula is C16H11NO4. The van der Waals surface area contributed by atoms with Gasteiger partial charge in [-0.3, -0.25) is 4.79 Å². The number of furan rings is 1. The van der Waals surface area contributed by atoms with E-state index in [1.807, 2.05) is 18.2 Å². The molecule has 2 aromatic carbocycles. The van der Waals surface area contributed by atoms with E-state index < -0.39 is 6.79 Å². The maximum absolute atomic E-state index is 12.1. The van der Waals surface area contributed by atoms with Crippen molar-refractivity contribution in [3.05, 3.63) is 52.8 Å². The Balaban J connectivity index is 2.15. The first-order valence-electron chi connectivity index (χ1n) is 6.49. The van der Waals surface area contributed by atoms with Crippen molar-refractivity contribution in [2.24, 2.45) is 0 Å². The quantitative estimate of drug-likeness (QED) is 0.554. The fourth-order valence-electron chi connectivity index (χ4n) is 2.61. The molecule has 0 spiro atoms. The van der Waals surface area contributed by atoms with E-state index in [2.05, 4.69) is 4.98 Å². The maximum Gasteiger partial charge on any atom is 0.256 e. The van der Waals surface area contributed by atoms with E-state index in [1.165, 1.54) is 0 Å². The molecule has 5 nitrogen and oxygen atoms in total. The van der Waals surface area contributed by atoms with E-state index in [0.29, 0.717) is 27.8 Å². The molecule has 2 heterocycles. The number of nitrogens with one attached hydrogen (secondary N) is 1. The summed E-state index contributed by atoms with van der Waals surface area (Å²) in [7, 11) is 0. The van der Waals surface area contributed by atoms with Crippen molar-refractivity contribution in [1.29, 1.82) is 0 Å². The second-order valence-electron chi connectivity index (χ2n) is 4.74. The van der Waals surface area contributed by atoms with Crippen molar-refractivity contribution < 1.29 is 14.3 Å². The van der Waals surface area contributed by atoms with E-state index >= 15 is 0 Å². The summed E-state index contributed by atoms with van der Waals surface area (Å²) in [6.07, 6.45) is 0. The zero-order valence-electron chi connectivity index (χ0n) is 10.9. The molecule has 0 atom stereocenters. The van der Waals surface area contributed by atoms with Gasteiger partial charge in [0.25, 0.3) is 5.56 Å². The minimum Gasteiger partial charge on any atom is -0.468 e. The zero-order chi connectivity index (χ0) is 14.4. The molecule has 0 bridgehead atoms. The van der Waals surface area contributed by atoms with E-state index in [1.54, 1.807) is 24.3 Å². The van der Waals surface area contributed by atoms with Crippen LogP contribution >= 0.6 is 0 Å². The van der Waals surface area contributed by atoms with Gasteiger partial charge >= 0.3 is 0 Å². The average Bonchev–Trinajstić information content (AvgIpc) is 2.86. The van der Waals surface area contributed by atoms with Crippen LogP contribution in [0.15, 0.2) is 51.7 Å². The van der Waals surface area contributed by atoms with Crippen LogP contribution < -0.4 is 10.3 Å². The van der Waals surface area contributed by atoms with E-state index in [0.717, 1.165) is 10.8 Å². The Bertz CT molecular complexity index is 1030. The largest absolute Gasteiger partial charge is 0.468 e. The summed E-state index contributed by atoms with van der Waals surface area (Å²) in [6.45, 7) is -0.397. The van der Waals surface area contributed by atoms with Crippen LogP contribution in [-0.2, 0) is 0 Å². The number of fused-ring (bicyclic) bond motifs is 5. The molecule has 0 unspecified atom stereocenters. The molecule has 4 rings (SSSR count). The number of rotatable bonds is 2. The Labute approximate surface area is 118 Å². The fourth-order valence-corrected chi connectivity index (χ4v) is 2.61. The third kappa shape index (κ3) is 1.71. The van der Waals surface area contributed by atoms with Crippen molar-refractivity contribution in [2.45, 2.75) is 0 Å². The second-order valence-corrected chi connectivity index (χ2v) is 4.74. The van der Waals surface area contributed by atoms with Gasteiger partial charge < -0.3 is 19.2 Å². The smallest absolute Gasteiger partial charge is 0.256 e. The number of hydrogen-bond donors (Lipinski definition) is 2. The number of hydrogen-bond acceptors (Lipinski definition) is 4. The first kappa shape index (κ1) is 12.0. The SMILES string of the molecule is O=c1[nH]c2c3ccc(OCO)cc3oc2c2ccccc12. The van der Waals surface area contributed by atoms with Crippen LogP contribution in [-0.4, -0.2) is 16.9 Å². The molecule has 0 saturated carbocycles. The monoisotopic (exact) mass is 281 g/mol. The summed E-state index contributed by atoms with van der Waals surface area (Å²) in [6, 6.07) is 12.5. The highest BCUT2D eigenvalue weighted by Gasteiger charge is 2.13. The highest BCUT2D eigenvalue weighted by Crippen LogP contribution is 2.32. The van der Waals surface area contributed by atoms with Crippen LogP contribution in [0.4, 0.5) is 0 Å². The molecule has 0 fully saturated rings. The molecule has 0 saturated heterocycles. The number of aromatic nitrogens is 1. The molecule has 0 amide bonds.